The number of carboxylic acid groups (broad SMARTS) is 1. The molecule has 2 aromatic carbocycles. The first-order chi connectivity index (χ1) is 12.1. The molecule has 0 fully saturated rings. The van der Waals surface area contributed by atoms with Crippen molar-refractivity contribution in [1.82, 2.24) is 0 Å². The molecule has 0 aliphatic carbocycles. The Morgan fingerprint density at radius 2 is 1.88 bits per heavy atom. The number of hydrogen-bond donors (Lipinski definition) is 2. The second-order valence-electron chi connectivity index (χ2n) is 5.76. The fraction of sp³-hybridized carbons (Fsp3) is 0.158. The van der Waals surface area contributed by atoms with Gasteiger partial charge in [0.15, 0.2) is 5.76 Å². The lowest BCUT2D eigenvalue weighted by Crippen LogP contribution is -2.92. The fourth-order valence-corrected chi connectivity index (χ4v) is 2.63. The molecule has 0 saturated carbocycles. The summed E-state index contributed by atoms with van der Waals surface area (Å²) in [5.74, 6) is -1.01. The van der Waals surface area contributed by atoms with E-state index in [2.05, 4.69) is 5.32 Å². The van der Waals surface area contributed by atoms with Crippen LogP contribution in [0.3, 0.4) is 0 Å². The van der Waals surface area contributed by atoms with E-state index in [0.717, 1.165) is 10.8 Å². The highest BCUT2D eigenvalue weighted by molar-refractivity contribution is 5.96. The van der Waals surface area contributed by atoms with Gasteiger partial charge in [-0.3, -0.25) is 4.79 Å². The summed E-state index contributed by atoms with van der Waals surface area (Å²) in [6, 6.07) is 15.8. The van der Waals surface area contributed by atoms with Crippen LogP contribution in [0.4, 0.5) is 5.69 Å². The molecule has 0 aliphatic rings. The molecule has 0 radical (unpaired) electrons. The lowest BCUT2D eigenvalue weighted by atomic mass is 10.1. The van der Waals surface area contributed by atoms with Crippen LogP contribution in [0.2, 0.25) is 0 Å². The second-order valence-corrected chi connectivity index (χ2v) is 5.76. The monoisotopic (exact) mass is 338 g/mol. The quantitative estimate of drug-likeness (QED) is 0.660. The molecule has 6 nitrogen and oxygen atoms in total. The van der Waals surface area contributed by atoms with Crippen LogP contribution >= 0.6 is 0 Å². The summed E-state index contributed by atoms with van der Waals surface area (Å²) in [7, 11) is 0. The summed E-state index contributed by atoms with van der Waals surface area (Å²) in [6.07, 6.45) is 1.33. The molecule has 1 heterocycles. The molecule has 25 heavy (non-hydrogen) atoms. The smallest absolute Gasteiger partial charge is 0.230 e. The van der Waals surface area contributed by atoms with E-state index in [0.29, 0.717) is 18.0 Å². The van der Waals surface area contributed by atoms with E-state index in [-0.39, 0.29) is 12.3 Å². The van der Waals surface area contributed by atoms with E-state index < -0.39 is 12.0 Å². The molecule has 128 valence electrons. The molecule has 1 amide bonds. The number of carboxylic acids is 1. The van der Waals surface area contributed by atoms with Crippen molar-refractivity contribution in [1.29, 1.82) is 0 Å². The van der Waals surface area contributed by atoms with Gasteiger partial charge in [-0.25, -0.2) is 0 Å². The van der Waals surface area contributed by atoms with Gasteiger partial charge in [0, 0.05) is 5.69 Å². The third-order valence-electron chi connectivity index (χ3n) is 3.92. The Morgan fingerprint density at radius 3 is 2.60 bits per heavy atom. The largest absolute Gasteiger partial charge is 0.544 e. The van der Waals surface area contributed by atoms with Crippen molar-refractivity contribution in [3.63, 3.8) is 0 Å². The molecule has 0 aliphatic heterocycles. The number of carbonyl (C=O) groups excluding carboxylic acids is 2. The zero-order valence-corrected chi connectivity index (χ0v) is 13.5. The summed E-state index contributed by atoms with van der Waals surface area (Å²) < 4.78 is 5.16. The van der Waals surface area contributed by atoms with Gasteiger partial charge in [-0.1, -0.05) is 30.3 Å². The average Bonchev–Trinajstić information content (AvgIpc) is 3.11. The van der Waals surface area contributed by atoms with Crippen LogP contribution in [0, 0.1) is 0 Å². The maximum absolute atomic E-state index is 12.2. The summed E-state index contributed by atoms with van der Waals surface area (Å²) in [5.41, 5.74) is 0.631. The van der Waals surface area contributed by atoms with Crippen molar-refractivity contribution in [3.8, 4) is 0 Å². The lowest BCUT2D eigenvalue weighted by molar-refractivity contribution is -0.698. The van der Waals surface area contributed by atoms with Gasteiger partial charge in [0.2, 0.25) is 5.91 Å². The van der Waals surface area contributed by atoms with Crippen molar-refractivity contribution in [2.24, 2.45) is 0 Å². The van der Waals surface area contributed by atoms with Crippen molar-refractivity contribution in [3.05, 3.63) is 66.6 Å². The summed E-state index contributed by atoms with van der Waals surface area (Å²) in [5, 5.41) is 17.6. The fourth-order valence-electron chi connectivity index (χ4n) is 2.63. The molecule has 0 saturated heterocycles. The standard InChI is InChI=1S/C19H18N2O4/c22-18(11-17(19(23)24)20-12-16-6-3-9-25-16)21-15-8-7-13-4-1-2-5-14(13)10-15/h1-10,17,20H,11-12H2,(H,21,22)(H,23,24)/t17-/m0/s1. The number of nitrogens with two attached hydrogens (primary N) is 1. The molecule has 3 aromatic rings. The molecule has 6 heteroatoms. The van der Waals surface area contributed by atoms with Crippen LogP contribution in [0.1, 0.15) is 12.2 Å². The van der Waals surface area contributed by atoms with Gasteiger partial charge >= 0.3 is 0 Å². The van der Waals surface area contributed by atoms with Crippen LogP contribution in [0.25, 0.3) is 10.8 Å². The molecule has 1 aromatic heterocycles. The lowest BCUT2D eigenvalue weighted by Gasteiger charge is -2.16. The predicted octanol–water partition coefficient (Wildman–Crippen LogP) is 0.644. The first kappa shape index (κ1) is 16.7. The molecule has 3 N–H and O–H groups in total. The van der Waals surface area contributed by atoms with E-state index in [4.69, 9.17) is 4.42 Å². The van der Waals surface area contributed by atoms with Crippen LogP contribution in [0.15, 0.2) is 65.3 Å². The van der Waals surface area contributed by atoms with Crippen LogP contribution in [-0.2, 0) is 16.1 Å². The predicted molar refractivity (Wildman–Crippen MR) is 90.3 cm³/mol. The number of fused-ring (bicyclic) bond motifs is 1. The number of anilines is 1. The first-order valence-electron chi connectivity index (χ1n) is 7.97. The number of benzene rings is 2. The van der Waals surface area contributed by atoms with Crippen LogP contribution in [-0.4, -0.2) is 17.9 Å². The Morgan fingerprint density at radius 1 is 1.08 bits per heavy atom. The minimum atomic E-state index is -1.28. The third-order valence-corrected chi connectivity index (χ3v) is 3.92. The third kappa shape index (κ3) is 4.45. The number of hydrogen-bond acceptors (Lipinski definition) is 4. The minimum Gasteiger partial charge on any atom is -0.544 e. The molecular weight excluding hydrogens is 320 g/mol. The van der Waals surface area contributed by atoms with Crippen molar-refractivity contribution < 1.29 is 24.4 Å². The van der Waals surface area contributed by atoms with Crippen molar-refractivity contribution in [2.45, 2.75) is 19.0 Å². The van der Waals surface area contributed by atoms with Gasteiger partial charge in [-0.15, -0.1) is 0 Å². The van der Waals surface area contributed by atoms with E-state index in [1.165, 1.54) is 11.6 Å². The Balaban J connectivity index is 1.61. The molecule has 0 unspecified atom stereocenters. The second kappa shape index (κ2) is 7.63. The topological polar surface area (TPSA) is 99.0 Å². The Bertz CT molecular complexity index is 874. The highest BCUT2D eigenvalue weighted by atomic mass is 16.4. The first-order valence-corrected chi connectivity index (χ1v) is 7.97. The number of rotatable bonds is 7. The molecule has 0 spiro atoms. The van der Waals surface area contributed by atoms with E-state index in [9.17, 15) is 14.7 Å². The SMILES string of the molecule is O=C(C[C@H]([NH2+]Cc1ccco1)C(=O)[O-])Nc1ccc2ccccc2c1. The highest BCUT2D eigenvalue weighted by Gasteiger charge is 2.19. The van der Waals surface area contributed by atoms with Crippen LogP contribution < -0.4 is 15.7 Å². The maximum atomic E-state index is 12.2. The van der Waals surface area contributed by atoms with E-state index in [1.807, 2.05) is 36.4 Å². The van der Waals surface area contributed by atoms with Gasteiger partial charge in [0.25, 0.3) is 0 Å². The van der Waals surface area contributed by atoms with Crippen molar-refractivity contribution >= 4 is 28.3 Å². The molecule has 1 atom stereocenters. The summed E-state index contributed by atoms with van der Waals surface area (Å²) >= 11 is 0. The van der Waals surface area contributed by atoms with Crippen molar-refractivity contribution in [2.75, 3.05) is 5.32 Å². The van der Waals surface area contributed by atoms with Gasteiger partial charge in [-0.05, 0) is 35.0 Å². The molecule has 3 rings (SSSR count). The number of quaternary nitrogens is 1. The molecule has 0 bridgehead atoms. The average molecular weight is 338 g/mol. The van der Waals surface area contributed by atoms with Crippen LogP contribution in [0.5, 0.6) is 0 Å². The maximum Gasteiger partial charge on any atom is 0.230 e. The molecular formula is C19H18N2O4. The Hall–Kier alpha value is -3.12. The minimum absolute atomic E-state index is 0.185. The summed E-state index contributed by atoms with van der Waals surface area (Å²) in [4.78, 5) is 23.4. The van der Waals surface area contributed by atoms with Gasteiger partial charge in [0.05, 0.1) is 18.7 Å². The number of nitrogens with one attached hydrogen (secondary N) is 1. The number of aliphatic carboxylic acids is 1. The zero-order chi connectivity index (χ0) is 17.6. The number of carbonyl (C=O) groups is 2. The number of amides is 1. The van der Waals surface area contributed by atoms with Gasteiger partial charge in [0.1, 0.15) is 12.6 Å². The Kier molecular flexibility index (Phi) is 5.11. The summed E-state index contributed by atoms with van der Waals surface area (Å²) in [6.45, 7) is 0.328. The normalized spacial score (nSPS) is 12.0. The van der Waals surface area contributed by atoms with E-state index >= 15 is 0 Å². The highest BCUT2D eigenvalue weighted by Crippen LogP contribution is 2.18. The van der Waals surface area contributed by atoms with Gasteiger partial charge in [-0.2, -0.15) is 0 Å². The Labute approximate surface area is 144 Å². The number of furan rings is 1. The zero-order valence-electron chi connectivity index (χ0n) is 13.5. The van der Waals surface area contributed by atoms with Gasteiger partial charge < -0.3 is 25.0 Å². The van der Waals surface area contributed by atoms with E-state index in [1.54, 1.807) is 18.2 Å².